The molecule has 0 spiro atoms. The number of rotatable bonds is 7. The van der Waals surface area contributed by atoms with E-state index in [1.165, 1.54) is 51.5 Å². The molecule has 1 unspecified atom stereocenters. The van der Waals surface area contributed by atoms with Crippen LogP contribution in [0.15, 0.2) is 0 Å². The lowest BCUT2D eigenvalue weighted by Gasteiger charge is -2.38. The first-order valence-corrected chi connectivity index (χ1v) is 8.40. The first kappa shape index (κ1) is 15.3. The van der Waals surface area contributed by atoms with Crippen LogP contribution in [0.1, 0.15) is 64.7 Å². The van der Waals surface area contributed by atoms with Crippen LogP contribution in [0.5, 0.6) is 0 Å². The van der Waals surface area contributed by atoms with Gasteiger partial charge >= 0.3 is 0 Å². The van der Waals surface area contributed by atoms with Gasteiger partial charge in [0.1, 0.15) is 0 Å². The second-order valence-corrected chi connectivity index (χ2v) is 6.67. The summed E-state index contributed by atoms with van der Waals surface area (Å²) in [5.41, 5.74) is -0.398. The monoisotopic (exact) mass is 268 g/mol. The van der Waals surface area contributed by atoms with Crippen LogP contribution in [-0.4, -0.2) is 47.8 Å². The van der Waals surface area contributed by atoms with Gasteiger partial charge in [0.05, 0.1) is 5.60 Å². The summed E-state index contributed by atoms with van der Waals surface area (Å²) in [6.45, 7) is 6.60. The predicted octanol–water partition coefficient (Wildman–Crippen LogP) is 2.54. The summed E-state index contributed by atoms with van der Waals surface area (Å²) in [6, 6.07) is 0.657. The molecule has 2 fully saturated rings. The summed E-state index contributed by atoms with van der Waals surface area (Å²) < 4.78 is 0. The van der Waals surface area contributed by atoms with Crippen LogP contribution in [0.4, 0.5) is 0 Å². The average molecular weight is 268 g/mol. The van der Waals surface area contributed by atoms with Crippen molar-refractivity contribution in [3.05, 3.63) is 0 Å². The van der Waals surface area contributed by atoms with Gasteiger partial charge in [0.15, 0.2) is 0 Å². The van der Waals surface area contributed by atoms with E-state index in [2.05, 4.69) is 17.1 Å². The fourth-order valence-corrected chi connectivity index (χ4v) is 3.63. The summed E-state index contributed by atoms with van der Waals surface area (Å²) in [4.78, 5) is 2.53. The number of hydrogen-bond donors (Lipinski definition) is 2. The molecule has 1 aliphatic heterocycles. The molecule has 2 rings (SSSR count). The Morgan fingerprint density at radius 2 is 2.00 bits per heavy atom. The third-order valence-corrected chi connectivity index (χ3v) is 4.77. The summed E-state index contributed by atoms with van der Waals surface area (Å²) in [6.07, 6.45) is 10.9. The van der Waals surface area contributed by atoms with Gasteiger partial charge in [0, 0.05) is 19.1 Å². The van der Waals surface area contributed by atoms with Crippen LogP contribution in [0.3, 0.4) is 0 Å². The molecule has 1 saturated heterocycles. The van der Waals surface area contributed by atoms with Gasteiger partial charge in [0.25, 0.3) is 0 Å². The first-order valence-electron chi connectivity index (χ1n) is 8.40. The minimum absolute atomic E-state index is 0.398. The Balaban J connectivity index is 1.84. The molecule has 112 valence electrons. The Kier molecular flexibility index (Phi) is 6.11. The van der Waals surface area contributed by atoms with Gasteiger partial charge < -0.3 is 10.4 Å². The van der Waals surface area contributed by atoms with Crippen LogP contribution >= 0.6 is 0 Å². The second-order valence-electron chi connectivity index (χ2n) is 6.67. The molecular weight excluding hydrogens is 236 g/mol. The zero-order chi connectivity index (χ0) is 13.6. The molecule has 0 aromatic carbocycles. The van der Waals surface area contributed by atoms with Gasteiger partial charge in [0.2, 0.25) is 0 Å². The quantitative estimate of drug-likeness (QED) is 0.745. The van der Waals surface area contributed by atoms with Gasteiger partial charge in [-0.1, -0.05) is 32.6 Å². The normalized spacial score (nSPS) is 27.0. The zero-order valence-electron chi connectivity index (χ0n) is 12.7. The smallest absolute Gasteiger partial charge is 0.0774 e. The Labute approximate surface area is 118 Å². The van der Waals surface area contributed by atoms with E-state index in [-0.39, 0.29) is 0 Å². The maximum Gasteiger partial charge on any atom is 0.0774 e. The fourth-order valence-electron chi connectivity index (χ4n) is 3.63. The average Bonchev–Trinajstić information content (AvgIpc) is 2.89. The molecule has 1 atom stereocenters. The lowest BCUT2D eigenvalue weighted by molar-refractivity contribution is -0.0278. The molecule has 19 heavy (non-hydrogen) atoms. The third kappa shape index (κ3) is 5.05. The van der Waals surface area contributed by atoms with Crippen LogP contribution < -0.4 is 5.32 Å². The molecule has 1 heterocycles. The largest absolute Gasteiger partial charge is 0.389 e. The minimum atomic E-state index is -0.398. The van der Waals surface area contributed by atoms with E-state index in [1.54, 1.807) is 0 Å². The standard InChI is InChI=1S/C16H32N2O/c1-2-3-12-18(13-15-8-7-11-17-15)14-16(19)9-5-4-6-10-16/h15,17,19H,2-14H2,1H3. The molecule has 0 bridgehead atoms. The number of hydrogen-bond acceptors (Lipinski definition) is 3. The summed E-state index contributed by atoms with van der Waals surface area (Å²) in [5, 5.41) is 14.3. The predicted molar refractivity (Wildman–Crippen MR) is 80.4 cm³/mol. The lowest BCUT2D eigenvalue weighted by Crippen LogP contribution is -2.48. The van der Waals surface area contributed by atoms with Crippen molar-refractivity contribution in [2.45, 2.75) is 76.4 Å². The molecule has 0 amide bonds. The summed E-state index contributed by atoms with van der Waals surface area (Å²) in [7, 11) is 0. The molecule has 1 saturated carbocycles. The minimum Gasteiger partial charge on any atom is -0.389 e. The maximum absolute atomic E-state index is 10.8. The van der Waals surface area contributed by atoms with Gasteiger partial charge in [-0.05, 0) is 45.2 Å². The Bertz CT molecular complexity index is 245. The second kappa shape index (κ2) is 7.61. The number of aliphatic hydroxyl groups is 1. The van der Waals surface area contributed by atoms with E-state index in [1.807, 2.05) is 0 Å². The van der Waals surface area contributed by atoms with Gasteiger partial charge in [-0.15, -0.1) is 0 Å². The van der Waals surface area contributed by atoms with Crippen molar-refractivity contribution in [3.8, 4) is 0 Å². The summed E-state index contributed by atoms with van der Waals surface area (Å²) in [5.74, 6) is 0. The lowest BCUT2D eigenvalue weighted by atomic mass is 9.84. The van der Waals surface area contributed by atoms with Crippen LogP contribution in [-0.2, 0) is 0 Å². The van der Waals surface area contributed by atoms with Crippen molar-refractivity contribution in [1.29, 1.82) is 0 Å². The van der Waals surface area contributed by atoms with E-state index in [0.29, 0.717) is 6.04 Å². The first-order chi connectivity index (χ1) is 9.22. The molecule has 3 nitrogen and oxygen atoms in total. The zero-order valence-corrected chi connectivity index (χ0v) is 12.7. The maximum atomic E-state index is 10.8. The highest BCUT2D eigenvalue weighted by atomic mass is 16.3. The van der Waals surface area contributed by atoms with Gasteiger partial charge in [-0.2, -0.15) is 0 Å². The van der Waals surface area contributed by atoms with E-state index < -0.39 is 5.60 Å². The van der Waals surface area contributed by atoms with Gasteiger partial charge in [-0.3, -0.25) is 4.90 Å². The highest BCUT2D eigenvalue weighted by molar-refractivity contribution is 4.87. The Morgan fingerprint density at radius 3 is 2.63 bits per heavy atom. The van der Waals surface area contributed by atoms with Crippen molar-refractivity contribution < 1.29 is 5.11 Å². The highest BCUT2D eigenvalue weighted by Gasteiger charge is 2.32. The molecular formula is C16H32N2O. The number of nitrogens with one attached hydrogen (secondary N) is 1. The highest BCUT2D eigenvalue weighted by Crippen LogP contribution is 2.29. The van der Waals surface area contributed by atoms with E-state index in [4.69, 9.17) is 0 Å². The molecule has 0 aromatic heterocycles. The van der Waals surface area contributed by atoms with Crippen LogP contribution in [0.2, 0.25) is 0 Å². The van der Waals surface area contributed by atoms with Crippen molar-refractivity contribution in [3.63, 3.8) is 0 Å². The van der Waals surface area contributed by atoms with E-state index >= 15 is 0 Å². The SMILES string of the molecule is CCCCN(CC1CCCN1)CC1(O)CCCCC1. The molecule has 3 heteroatoms. The molecule has 1 aliphatic carbocycles. The molecule has 0 radical (unpaired) electrons. The van der Waals surface area contributed by atoms with Crippen molar-refractivity contribution in [2.24, 2.45) is 0 Å². The molecule has 2 aliphatic rings. The summed E-state index contributed by atoms with van der Waals surface area (Å²) >= 11 is 0. The van der Waals surface area contributed by atoms with Gasteiger partial charge in [-0.25, -0.2) is 0 Å². The van der Waals surface area contributed by atoms with E-state index in [9.17, 15) is 5.11 Å². The number of unbranched alkanes of at least 4 members (excludes halogenated alkanes) is 1. The van der Waals surface area contributed by atoms with Crippen molar-refractivity contribution in [2.75, 3.05) is 26.2 Å². The fraction of sp³-hybridized carbons (Fsp3) is 1.00. The molecule has 0 aromatic rings. The van der Waals surface area contributed by atoms with Crippen LogP contribution in [0.25, 0.3) is 0 Å². The van der Waals surface area contributed by atoms with Crippen molar-refractivity contribution >= 4 is 0 Å². The van der Waals surface area contributed by atoms with Crippen LogP contribution in [0, 0.1) is 0 Å². The van der Waals surface area contributed by atoms with Crippen molar-refractivity contribution in [1.82, 2.24) is 10.2 Å². The Morgan fingerprint density at radius 1 is 1.21 bits per heavy atom. The topological polar surface area (TPSA) is 35.5 Å². The third-order valence-electron chi connectivity index (χ3n) is 4.77. The number of nitrogens with zero attached hydrogens (tertiary/aromatic N) is 1. The van der Waals surface area contributed by atoms with E-state index in [0.717, 1.165) is 32.5 Å². The molecule has 2 N–H and O–H groups in total. The Hall–Kier alpha value is -0.120.